The van der Waals surface area contributed by atoms with Gasteiger partial charge in [0, 0.05) is 45.6 Å². The molecule has 0 bridgehead atoms. The Morgan fingerprint density at radius 3 is 2.48 bits per heavy atom. The van der Waals surface area contributed by atoms with Gasteiger partial charge >= 0.3 is 6.09 Å². The summed E-state index contributed by atoms with van der Waals surface area (Å²) in [6.07, 6.45) is 2.56. The average molecular weight is 589 g/mol. The van der Waals surface area contributed by atoms with Crippen molar-refractivity contribution >= 4 is 23.6 Å². The van der Waals surface area contributed by atoms with Crippen LogP contribution in [-0.4, -0.2) is 79.2 Å². The fourth-order valence-corrected chi connectivity index (χ4v) is 5.78. The fourth-order valence-electron chi connectivity index (χ4n) is 5.78. The molecule has 3 rings (SSSR count). The maximum atomic E-state index is 14.7. The van der Waals surface area contributed by atoms with Gasteiger partial charge in [0.25, 0.3) is 5.91 Å². The normalized spacial score (nSPS) is 19.2. The van der Waals surface area contributed by atoms with Gasteiger partial charge in [0.05, 0.1) is 12.0 Å². The minimum absolute atomic E-state index is 0.118. The number of methoxy groups -OCH3 is 1. The minimum Gasteiger partial charge on any atom is -0.444 e. The molecular formula is C32H49FN4O5. The molecule has 0 saturated carbocycles. The molecule has 2 heterocycles. The summed E-state index contributed by atoms with van der Waals surface area (Å²) in [5.74, 6) is -1.55. The van der Waals surface area contributed by atoms with E-state index in [0.717, 1.165) is 24.0 Å². The molecule has 42 heavy (non-hydrogen) atoms. The zero-order chi connectivity index (χ0) is 31.2. The summed E-state index contributed by atoms with van der Waals surface area (Å²) >= 11 is 0. The smallest absolute Gasteiger partial charge is 0.410 e. The van der Waals surface area contributed by atoms with Crippen LogP contribution >= 0.6 is 0 Å². The van der Waals surface area contributed by atoms with Crippen LogP contribution in [-0.2, 0) is 25.5 Å². The van der Waals surface area contributed by atoms with E-state index in [9.17, 15) is 18.8 Å². The zero-order valence-electron chi connectivity index (χ0n) is 26.4. The number of ether oxygens (including phenoxy) is 2. The van der Waals surface area contributed by atoms with E-state index in [2.05, 4.69) is 0 Å². The molecule has 9 nitrogen and oxygen atoms in total. The highest BCUT2D eigenvalue weighted by molar-refractivity contribution is 5.99. The molecule has 2 atom stereocenters. The number of nitrogens with two attached hydrogens (primary N) is 1. The van der Waals surface area contributed by atoms with Crippen LogP contribution < -0.4 is 10.6 Å². The molecule has 2 aliphatic rings. The van der Waals surface area contributed by atoms with Crippen molar-refractivity contribution in [2.75, 3.05) is 44.8 Å². The van der Waals surface area contributed by atoms with Crippen LogP contribution in [0.5, 0.6) is 0 Å². The van der Waals surface area contributed by atoms with Crippen molar-refractivity contribution in [2.24, 2.45) is 17.6 Å². The third-order valence-electron chi connectivity index (χ3n) is 7.70. The number of piperidine rings is 1. The Labute approximate surface area is 250 Å². The van der Waals surface area contributed by atoms with E-state index < -0.39 is 29.6 Å². The molecule has 1 aromatic rings. The lowest BCUT2D eigenvalue weighted by molar-refractivity contribution is -0.134. The third kappa shape index (κ3) is 8.46. The van der Waals surface area contributed by atoms with Crippen molar-refractivity contribution in [3.05, 3.63) is 40.8 Å². The van der Waals surface area contributed by atoms with E-state index >= 15 is 0 Å². The van der Waals surface area contributed by atoms with Gasteiger partial charge in [-0.05, 0) is 82.1 Å². The zero-order valence-corrected chi connectivity index (χ0v) is 26.4. The van der Waals surface area contributed by atoms with E-state index in [4.69, 9.17) is 15.2 Å². The molecule has 2 N–H and O–H groups in total. The predicted octanol–water partition coefficient (Wildman–Crippen LogP) is 4.87. The van der Waals surface area contributed by atoms with Gasteiger partial charge in [-0.25, -0.2) is 9.18 Å². The van der Waals surface area contributed by atoms with E-state index in [1.54, 1.807) is 38.8 Å². The molecule has 0 spiro atoms. The van der Waals surface area contributed by atoms with Gasteiger partial charge in [0.1, 0.15) is 17.1 Å². The van der Waals surface area contributed by atoms with Gasteiger partial charge < -0.3 is 29.9 Å². The van der Waals surface area contributed by atoms with Crippen LogP contribution in [0.1, 0.15) is 72.8 Å². The monoisotopic (exact) mass is 588 g/mol. The number of likely N-dealkylation sites (tertiary alicyclic amines) is 1. The summed E-state index contributed by atoms with van der Waals surface area (Å²) in [6.45, 7) is 13.4. The Hall–Kier alpha value is -3.14. The number of unbranched alkanes of at least 4 members (excludes halogenated alkanes) is 1. The Bertz CT molecular complexity index is 1160. The third-order valence-corrected chi connectivity index (χ3v) is 7.70. The van der Waals surface area contributed by atoms with Crippen molar-refractivity contribution in [2.45, 2.75) is 85.3 Å². The average Bonchev–Trinajstić information content (AvgIpc) is 2.91. The second-order valence-corrected chi connectivity index (χ2v) is 12.8. The van der Waals surface area contributed by atoms with Crippen LogP contribution in [0, 0.1) is 17.7 Å². The van der Waals surface area contributed by atoms with Gasteiger partial charge in [-0.2, -0.15) is 0 Å². The Balaban J connectivity index is 2.04. The summed E-state index contributed by atoms with van der Waals surface area (Å²) < 4.78 is 25.4. The van der Waals surface area contributed by atoms with Crippen LogP contribution in [0.2, 0.25) is 0 Å². The fraction of sp³-hybridized carbons (Fsp3) is 0.656. The Morgan fingerprint density at radius 1 is 1.17 bits per heavy atom. The van der Waals surface area contributed by atoms with Crippen molar-refractivity contribution in [1.29, 1.82) is 0 Å². The number of anilines is 1. The summed E-state index contributed by atoms with van der Waals surface area (Å²) in [6, 6.07) is 4.32. The van der Waals surface area contributed by atoms with Crippen molar-refractivity contribution in [3.63, 3.8) is 0 Å². The molecule has 1 saturated heterocycles. The molecule has 0 aromatic heterocycles. The van der Waals surface area contributed by atoms with Crippen LogP contribution in [0.3, 0.4) is 0 Å². The number of carbonyl (C=O) groups excluding carboxylic acids is 3. The summed E-state index contributed by atoms with van der Waals surface area (Å²) in [5.41, 5.74) is 8.27. The van der Waals surface area contributed by atoms with E-state index in [0.29, 0.717) is 50.3 Å². The van der Waals surface area contributed by atoms with E-state index in [-0.39, 0.29) is 30.7 Å². The van der Waals surface area contributed by atoms with Crippen LogP contribution in [0.4, 0.5) is 14.9 Å². The summed E-state index contributed by atoms with van der Waals surface area (Å²) in [5, 5.41) is 0. The quantitative estimate of drug-likeness (QED) is 0.370. The van der Waals surface area contributed by atoms with Crippen LogP contribution in [0.25, 0.3) is 0 Å². The highest BCUT2D eigenvalue weighted by atomic mass is 19.1. The topological polar surface area (TPSA) is 105 Å². The Morgan fingerprint density at radius 2 is 1.88 bits per heavy atom. The number of nitrogens with zero attached hydrogens (tertiary/aromatic N) is 3. The number of primary amides is 1. The van der Waals surface area contributed by atoms with Gasteiger partial charge in [0.2, 0.25) is 5.91 Å². The number of rotatable bonds is 11. The SMILES string of the molecule is CCC1=C(C(=O)N(CC(C)C)C2CC(C(N)=O)CN(C(=O)OC(C)(C)C)C2)N(CCCCOC)c2cc(F)ccc2C1. The number of allylic oxidation sites excluding steroid dienone is 1. The lowest BCUT2D eigenvalue weighted by Crippen LogP contribution is -2.58. The number of fused-ring (bicyclic) bond motifs is 1. The maximum Gasteiger partial charge on any atom is 0.410 e. The number of amides is 3. The van der Waals surface area contributed by atoms with Crippen LogP contribution in [0.15, 0.2) is 29.5 Å². The first-order valence-corrected chi connectivity index (χ1v) is 15.1. The number of hydrogen-bond donors (Lipinski definition) is 1. The highest BCUT2D eigenvalue weighted by Crippen LogP contribution is 2.37. The van der Waals surface area contributed by atoms with Crippen molar-refractivity contribution < 1.29 is 28.2 Å². The molecule has 0 radical (unpaired) electrons. The number of benzene rings is 1. The molecule has 2 aliphatic heterocycles. The molecule has 10 heteroatoms. The summed E-state index contributed by atoms with van der Waals surface area (Å²) in [7, 11) is 1.66. The molecule has 3 amide bonds. The molecule has 0 aliphatic carbocycles. The lowest BCUT2D eigenvalue weighted by atomic mass is 9.90. The lowest BCUT2D eigenvalue weighted by Gasteiger charge is -2.44. The minimum atomic E-state index is -0.714. The van der Waals surface area contributed by atoms with E-state index in [1.165, 1.54) is 17.0 Å². The highest BCUT2D eigenvalue weighted by Gasteiger charge is 2.41. The number of halogens is 1. The van der Waals surface area contributed by atoms with Crippen molar-refractivity contribution in [3.8, 4) is 0 Å². The number of carbonyl (C=O) groups is 3. The van der Waals surface area contributed by atoms with Gasteiger partial charge in [-0.1, -0.05) is 26.8 Å². The van der Waals surface area contributed by atoms with Crippen molar-refractivity contribution in [1.82, 2.24) is 9.80 Å². The van der Waals surface area contributed by atoms with E-state index in [1.807, 2.05) is 25.7 Å². The molecule has 2 unspecified atom stereocenters. The standard InChI is InChI=1S/C32H49FN4O5/c1-8-22-15-23-11-12-25(33)17-27(23)36(13-9-10-14-41-7)28(22)30(39)37(18-21(2)3)26-16-24(29(34)38)19-35(20-26)31(40)42-32(4,5)6/h11-12,17,21,24,26H,8-10,13-16,18-20H2,1-7H3,(H2,34,38). The maximum absolute atomic E-state index is 14.7. The molecular weight excluding hydrogens is 539 g/mol. The first-order chi connectivity index (χ1) is 19.7. The summed E-state index contributed by atoms with van der Waals surface area (Å²) in [4.78, 5) is 45.6. The predicted molar refractivity (Wildman–Crippen MR) is 161 cm³/mol. The van der Waals surface area contributed by atoms with Gasteiger partial charge in [-0.3, -0.25) is 9.59 Å². The second-order valence-electron chi connectivity index (χ2n) is 12.8. The Kier molecular flexibility index (Phi) is 11.4. The first kappa shape index (κ1) is 33.4. The molecule has 1 fully saturated rings. The van der Waals surface area contributed by atoms with Gasteiger partial charge in [0.15, 0.2) is 0 Å². The second kappa shape index (κ2) is 14.4. The molecule has 1 aromatic carbocycles. The molecule has 234 valence electrons. The van der Waals surface area contributed by atoms with Gasteiger partial charge in [-0.15, -0.1) is 0 Å². The largest absolute Gasteiger partial charge is 0.444 e. The first-order valence-electron chi connectivity index (χ1n) is 15.1. The number of hydrogen-bond acceptors (Lipinski definition) is 6.